The summed E-state index contributed by atoms with van der Waals surface area (Å²) >= 11 is 0. The zero-order valence-electron chi connectivity index (χ0n) is 15.4. The third-order valence-electron chi connectivity index (χ3n) is 5.44. The number of hydrogen-bond acceptors (Lipinski definition) is 3. The fourth-order valence-electron chi connectivity index (χ4n) is 4.07. The molecule has 5 nitrogen and oxygen atoms in total. The lowest BCUT2D eigenvalue weighted by Gasteiger charge is -2.09. The van der Waals surface area contributed by atoms with Crippen molar-refractivity contribution in [3.63, 3.8) is 0 Å². The topological polar surface area (TPSA) is 79.5 Å². The van der Waals surface area contributed by atoms with Crippen LogP contribution >= 0.6 is 0 Å². The van der Waals surface area contributed by atoms with Gasteiger partial charge in [-0.2, -0.15) is 0 Å². The third-order valence-corrected chi connectivity index (χ3v) is 5.44. The van der Waals surface area contributed by atoms with Gasteiger partial charge in [-0.05, 0) is 61.4 Å². The molecule has 1 amide bonds. The van der Waals surface area contributed by atoms with Crippen molar-refractivity contribution in [3.8, 4) is 0 Å². The summed E-state index contributed by atoms with van der Waals surface area (Å²) in [7, 11) is 0. The zero-order valence-corrected chi connectivity index (χ0v) is 15.4. The number of fused-ring (bicyclic) bond motifs is 2. The number of carbonyl (C=O) groups is 2. The number of carbonyl (C=O) groups excluding carboxylic acids is 1. The van der Waals surface area contributed by atoms with Crippen LogP contribution in [-0.2, 0) is 35.3 Å². The van der Waals surface area contributed by atoms with E-state index in [-0.39, 0.29) is 12.3 Å². The molecule has 2 aliphatic rings. The summed E-state index contributed by atoms with van der Waals surface area (Å²) in [6.45, 7) is 2.12. The number of nitrogens with one attached hydrogen (secondary N) is 1. The van der Waals surface area contributed by atoms with E-state index in [4.69, 9.17) is 9.52 Å². The fourth-order valence-corrected chi connectivity index (χ4v) is 4.07. The van der Waals surface area contributed by atoms with Gasteiger partial charge in [0.05, 0.1) is 5.57 Å². The van der Waals surface area contributed by atoms with Gasteiger partial charge in [0.25, 0.3) is 5.91 Å². The highest BCUT2D eigenvalue weighted by molar-refractivity contribution is 6.34. The van der Waals surface area contributed by atoms with Gasteiger partial charge in [-0.1, -0.05) is 13.0 Å². The Balaban J connectivity index is 1.73. The molecule has 4 rings (SSSR count). The Bertz CT molecular complexity index is 951. The predicted octanol–water partition coefficient (Wildman–Crippen LogP) is 4.23. The SMILES string of the molecule is CCc1c(C=C2C(=O)Nc3ccc(CCC(=O)O)cc32)oc2c1CCCC2. The lowest BCUT2D eigenvalue weighted by Crippen LogP contribution is -2.03. The highest BCUT2D eigenvalue weighted by Crippen LogP contribution is 2.37. The Morgan fingerprint density at radius 3 is 2.89 bits per heavy atom. The molecule has 0 radical (unpaired) electrons. The molecule has 0 fully saturated rings. The second kappa shape index (κ2) is 7.06. The van der Waals surface area contributed by atoms with Crippen molar-refractivity contribution in [3.05, 3.63) is 52.0 Å². The van der Waals surface area contributed by atoms with Crippen LogP contribution in [0.3, 0.4) is 0 Å². The molecule has 0 atom stereocenters. The van der Waals surface area contributed by atoms with E-state index in [1.807, 2.05) is 24.3 Å². The van der Waals surface area contributed by atoms with E-state index in [0.29, 0.717) is 12.0 Å². The minimum absolute atomic E-state index is 0.0735. The van der Waals surface area contributed by atoms with E-state index >= 15 is 0 Å². The van der Waals surface area contributed by atoms with Crippen molar-refractivity contribution < 1.29 is 19.1 Å². The number of benzene rings is 1. The van der Waals surface area contributed by atoms with Crippen molar-refractivity contribution in [2.45, 2.75) is 51.9 Å². The lowest BCUT2D eigenvalue weighted by atomic mass is 9.93. The van der Waals surface area contributed by atoms with E-state index in [9.17, 15) is 9.59 Å². The highest BCUT2D eigenvalue weighted by Gasteiger charge is 2.27. The zero-order chi connectivity index (χ0) is 19.0. The maximum absolute atomic E-state index is 12.5. The van der Waals surface area contributed by atoms with Crippen molar-refractivity contribution in [1.82, 2.24) is 0 Å². The summed E-state index contributed by atoms with van der Waals surface area (Å²) in [5.74, 6) is 0.892. The van der Waals surface area contributed by atoms with Crippen molar-refractivity contribution in [2.75, 3.05) is 5.32 Å². The Labute approximate surface area is 158 Å². The van der Waals surface area contributed by atoms with Crippen LogP contribution in [0.25, 0.3) is 11.6 Å². The molecule has 27 heavy (non-hydrogen) atoms. The van der Waals surface area contributed by atoms with Crippen molar-refractivity contribution in [1.29, 1.82) is 0 Å². The Morgan fingerprint density at radius 1 is 1.30 bits per heavy atom. The molecule has 1 aliphatic carbocycles. The van der Waals surface area contributed by atoms with Gasteiger partial charge in [-0.25, -0.2) is 0 Å². The van der Waals surface area contributed by atoms with Gasteiger partial charge >= 0.3 is 5.97 Å². The average molecular weight is 365 g/mol. The number of carboxylic acid groups (broad SMARTS) is 1. The molecule has 1 aromatic heterocycles. The van der Waals surface area contributed by atoms with Gasteiger partial charge in [-0.15, -0.1) is 0 Å². The molecule has 2 N–H and O–H groups in total. The smallest absolute Gasteiger partial charge is 0.303 e. The summed E-state index contributed by atoms with van der Waals surface area (Å²) in [5.41, 5.74) is 5.61. The molecule has 0 saturated heterocycles. The van der Waals surface area contributed by atoms with Crippen LogP contribution in [0.5, 0.6) is 0 Å². The molecule has 1 aromatic carbocycles. The average Bonchev–Trinajstić information content (AvgIpc) is 3.17. The molecule has 0 saturated carbocycles. The highest BCUT2D eigenvalue weighted by atomic mass is 16.4. The van der Waals surface area contributed by atoms with Crippen LogP contribution in [0.1, 0.15) is 60.0 Å². The van der Waals surface area contributed by atoms with Gasteiger partial charge in [0.1, 0.15) is 11.5 Å². The molecule has 140 valence electrons. The maximum atomic E-state index is 12.5. The van der Waals surface area contributed by atoms with Crippen LogP contribution < -0.4 is 5.32 Å². The van der Waals surface area contributed by atoms with Crippen LogP contribution in [0, 0.1) is 0 Å². The Morgan fingerprint density at radius 2 is 2.11 bits per heavy atom. The van der Waals surface area contributed by atoms with Crippen LogP contribution in [0.15, 0.2) is 22.6 Å². The normalized spacial score (nSPS) is 16.9. The molecule has 2 aromatic rings. The number of aliphatic carboxylic acids is 1. The number of anilines is 1. The number of rotatable bonds is 5. The molecule has 0 unspecified atom stereocenters. The Hall–Kier alpha value is -2.82. The maximum Gasteiger partial charge on any atom is 0.303 e. The van der Waals surface area contributed by atoms with Gasteiger partial charge < -0.3 is 14.8 Å². The van der Waals surface area contributed by atoms with Crippen molar-refractivity contribution in [2.24, 2.45) is 0 Å². The number of furan rings is 1. The minimum atomic E-state index is -0.825. The molecule has 0 spiro atoms. The van der Waals surface area contributed by atoms with Crippen molar-refractivity contribution >= 4 is 29.2 Å². The quantitative estimate of drug-likeness (QED) is 0.777. The first kappa shape index (κ1) is 17.6. The molecular formula is C22H23NO4. The largest absolute Gasteiger partial charge is 0.481 e. The Kier molecular flexibility index (Phi) is 4.60. The minimum Gasteiger partial charge on any atom is -0.481 e. The van der Waals surface area contributed by atoms with E-state index in [1.54, 1.807) is 0 Å². The third kappa shape index (κ3) is 3.29. The molecule has 5 heteroatoms. The van der Waals surface area contributed by atoms with E-state index in [2.05, 4.69) is 12.2 Å². The van der Waals surface area contributed by atoms with Crippen LogP contribution in [-0.4, -0.2) is 17.0 Å². The molecular weight excluding hydrogens is 342 g/mol. The first-order chi connectivity index (χ1) is 13.1. The molecule has 1 aliphatic heterocycles. The standard InChI is InChI=1S/C22H23NO4/c1-2-14-15-5-3-4-6-19(15)27-20(14)12-17-16-11-13(8-10-21(24)25)7-9-18(16)23-22(17)26/h7,9,11-12H,2-6,8,10H2,1H3,(H,23,26)(H,24,25). The number of aryl methyl sites for hydroxylation is 2. The number of amides is 1. The summed E-state index contributed by atoms with van der Waals surface area (Å²) in [6, 6.07) is 5.63. The summed E-state index contributed by atoms with van der Waals surface area (Å²) < 4.78 is 6.13. The van der Waals surface area contributed by atoms with E-state index < -0.39 is 5.97 Å². The molecule has 2 heterocycles. The van der Waals surface area contributed by atoms with Crippen LogP contribution in [0.2, 0.25) is 0 Å². The van der Waals surface area contributed by atoms with Gasteiger partial charge in [0, 0.05) is 29.7 Å². The van der Waals surface area contributed by atoms with Crippen LogP contribution in [0.4, 0.5) is 5.69 Å². The van der Waals surface area contributed by atoms with E-state index in [1.165, 1.54) is 17.5 Å². The fraction of sp³-hybridized carbons (Fsp3) is 0.364. The summed E-state index contributed by atoms with van der Waals surface area (Å²) in [4.78, 5) is 23.4. The lowest BCUT2D eigenvalue weighted by molar-refractivity contribution is -0.137. The van der Waals surface area contributed by atoms with Gasteiger partial charge in [0.2, 0.25) is 0 Å². The second-order valence-corrected chi connectivity index (χ2v) is 7.19. The summed E-state index contributed by atoms with van der Waals surface area (Å²) in [5, 5.41) is 11.8. The second-order valence-electron chi connectivity index (χ2n) is 7.19. The first-order valence-corrected chi connectivity index (χ1v) is 9.58. The monoisotopic (exact) mass is 365 g/mol. The predicted molar refractivity (Wildman–Crippen MR) is 104 cm³/mol. The van der Waals surface area contributed by atoms with E-state index in [0.717, 1.165) is 54.0 Å². The number of carboxylic acids is 1. The summed E-state index contributed by atoms with van der Waals surface area (Å²) in [6.07, 6.45) is 7.61. The van der Waals surface area contributed by atoms with Gasteiger partial charge in [0.15, 0.2) is 0 Å². The first-order valence-electron chi connectivity index (χ1n) is 9.58. The molecule has 0 bridgehead atoms. The van der Waals surface area contributed by atoms with Gasteiger partial charge in [-0.3, -0.25) is 9.59 Å². The number of hydrogen-bond donors (Lipinski definition) is 2.